The molecule has 2 N–H and O–H groups in total. The van der Waals surface area contributed by atoms with Gasteiger partial charge in [0.25, 0.3) is 0 Å². The highest BCUT2D eigenvalue weighted by Crippen LogP contribution is 1.90. The number of carbonyl (C=O) groups is 2. The zero-order valence-electron chi connectivity index (χ0n) is 7.46. The van der Waals surface area contributed by atoms with E-state index in [-0.39, 0.29) is 31.2 Å². The van der Waals surface area contributed by atoms with Crippen LogP contribution in [-0.2, 0) is 9.59 Å². The average molecular weight is 173 g/mol. The van der Waals surface area contributed by atoms with Gasteiger partial charge in [0.1, 0.15) is 5.78 Å². The van der Waals surface area contributed by atoms with Crippen molar-refractivity contribution >= 4 is 11.8 Å². The maximum Gasteiger partial charge on any atom is 0.303 e. The van der Waals surface area contributed by atoms with Crippen molar-refractivity contribution in [3.63, 3.8) is 0 Å². The number of hydrogen-bond acceptors (Lipinski definition) is 3. The van der Waals surface area contributed by atoms with Crippen LogP contribution >= 0.6 is 0 Å². The Hall–Kier alpha value is -0.900. The summed E-state index contributed by atoms with van der Waals surface area (Å²) in [6.45, 7) is 4.14. The lowest BCUT2D eigenvalue weighted by atomic mass is 10.2. The first-order valence-corrected chi connectivity index (χ1v) is 3.99. The molecule has 0 aliphatic heterocycles. The fourth-order valence-corrected chi connectivity index (χ4v) is 0.653. The van der Waals surface area contributed by atoms with Crippen molar-refractivity contribution in [1.82, 2.24) is 5.32 Å². The van der Waals surface area contributed by atoms with E-state index in [1.54, 1.807) is 0 Å². The number of Topliss-reactive ketones (excluding diaryl/α,β-unsaturated/α-hetero) is 1. The number of carboxylic acids is 1. The van der Waals surface area contributed by atoms with E-state index in [1.807, 2.05) is 13.8 Å². The van der Waals surface area contributed by atoms with Crippen molar-refractivity contribution in [3.8, 4) is 0 Å². The van der Waals surface area contributed by atoms with Crippen LogP contribution in [0.4, 0.5) is 0 Å². The number of ketones is 1. The Kier molecular flexibility index (Phi) is 5.28. The van der Waals surface area contributed by atoms with Crippen molar-refractivity contribution in [2.24, 2.45) is 0 Å². The summed E-state index contributed by atoms with van der Waals surface area (Å²) in [5.74, 6) is -0.973. The molecule has 4 heteroatoms. The van der Waals surface area contributed by atoms with Crippen molar-refractivity contribution in [1.29, 1.82) is 0 Å². The van der Waals surface area contributed by atoms with E-state index in [9.17, 15) is 9.59 Å². The number of aliphatic carboxylic acids is 1. The highest BCUT2D eigenvalue weighted by Gasteiger charge is 2.05. The summed E-state index contributed by atoms with van der Waals surface area (Å²) in [6, 6.07) is 0.263. The Morgan fingerprint density at radius 2 is 1.92 bits per heavy atom. The van der Waals surface area contributed by atoms with Gasteiger partial charge in [-0.05, 0) is 0 Å². The Balaban J connectivity index is 3.40. The van der Waals surface area contributed by atoms with Crippen LogP contribution in [0.3, 0.4) is 0 Å². The molecule has 70 valence electrons. The highest BCUT2D eigenvalue weighted by molar-refractivity contribution is 5.83. The second kappa shape index (κ2) is 5.71. The number of nitrogens with one attached hydrogen (secondary N) is 1. The minimum absolute atomic E-state index is 0.0499. The van der Waals surface area contributed by atoms with Gasteiger partial charge in [0.15, 0.2) is 0 Å². The molecule has 0 aromatic rings. The molecule has 0 aliphatic rings. The highest BCUT2D eigenvalue weighted by atomic mass is 16.4. The molecule has 0 aromatic carbocycles. The largest absolute Gasteiger partial charge is 0.481 e. The van der Waals surface area contributed by atoms with Crippen LogP contribution in [0.1, 0.15) is 26.7 Å². The molecule has 0 aliphatic carbocycles. The molecule has 0 fully saturated rings. The molecular formula is C8H15NO3. The second-order valence-electron chi connectivity index (χ2n) is 2.97. The van der Waals surface area contributed by atoms with Gasteiger partial charge < -0.3 is 10.4 Å². The number of hydrogen-bond donors (Lipinski definition) is 2. The van der Waals surface area contributed by atoms with Gasteiger partial charge in [-0.25, -0.2) is 0 Å². The molecule has 0 amide bonds. The lowest BCUT2D eigenvalue weighted by Gasteiger charge is -2.05. The summed E-state index contributed by atoms with van der Waals surface area (Å²) in [6.07, 6.45) is 0.0493. The lowest BCUT2D eigenvalue weighted by molar-refractivity contribution is -0.138. The van der Waals surface area contributed by atoms with Crippen molar-refractivity contribution < 1.29 is 14.7 Å². The number of rotatable bonds is 6. The molecule has 0 unspecified atom stereocenters. The SMILES string of the molecule is CC(C)NCC(=O)CCC(=O)O. The minimum Gasteiger partial charge on any atom is -0.481 e. The molecular weight excluding hydrogens is 158 g/mol. The topological polar surface area (TPSA) is 66.4 Å². The van der Waals surface area contributed by atoms with Crippen LogP contribution in [0.5, 0.6) is 0 Å². The molecule has 0 heterocycles. The van der Waals surface area contributed by atoms with E-state index in [0.717, 1.165) is 0 Å². The van der Waals surface area contributed by atoms with Gasteiger partial charge in [-0.15, -0.1) is 0 Å². The van der Waals surface area contributed by atoms with E-state index in [1.165, 1.54) is 0 Å². The van der Waals surface area contributed by atoms with Crippen LogP contribution in [0.2, 0.25) is 0 Å². The van der Waals surface area contributed by atoms with Gasteiger partial charge >= 0.3 is 5.97 Å². The van der Waals surface area contributed by atoms with Crippen LogP contribution in [-0.4, -0.2) is 29.4 Å². The molecule has 0 aromatic heterocycles. The summed E-state index contributed by atoms with van der Waals surface area (Å²) in [7, 11) is 0. The van der Waals surface area contributed by atoms with E-state index in [4.69, 9.17) is 5.11 Å². The van der Waals surface area contributed by atoms with Gasteiger partial charge in [-0.2, -0.15) is 0 Å². The summed E-state index contributed by atoms with van der Waals surface area (Å²) in [4.78, 5) is 21.0. The van der Waals surface area contributed by atoms with E-state index in [2.05, 4.69) is 5.32 Å². The minimum atomic E-state index is -0.923. The molecule has 12 heavy (non-hydrogen) atoms. The third kappa shape index (κ3) is 7.21. The average Bonchev–Trinajstić information content (AvgIpc) is 1.96. The zero-order chi connectivity index (χ0) is 9.56. The Morgan fingerprint density at radius 1 is 1.33 bits per heavy atom. The smallest absolute Gasteiger partial charge is 0.303 e. The van der Waals surface area contributed by atoms with E-state index < -0.39 is 5.97 Å². The predicted octanol–water partition coefficient (Wildman–Crippen LogP) is 0.418. The van der Waals surface area contributed by atoms with Gasteiger partial charge in [-0.3, -0.25) is 9.59 Å². The third-order valence-corrected chi connectivity index (χ3v) is 1.33. The summed E-state index contributed by atoms with van der Waals surface area (Å²) in [5.41, 5.74) is 0. The molecule has 4 nitrogen and oxygen atoms in total. The number of carbonyl (C=O) groups excluding carboxylic acids is 1. The maximum absolute atomic E-state index is 10.9. The van der Waals surface area contributed by atoms with E-state index >= 15 is 0 Å². The first-order chi connectivity index (χ1) is 5.52. The standard InChI is InChI=1S/C8H15NO3/c1-6(2)9-5-7(10)3-4-8(11)12/h6,9H,3-5H2,1-2H3,(H,11,12). The van der Waals surface area contributed by atoms with Crippen LogP contribution in [0.15, 0.2) is 0 Å². The Morgan fingerprint density at radius 3 is 2.33 bits per heavy atom. The van der Waals surface area contributed by atoms with Crippen LogP contribution < -0.4 is 5.32 Å². The van der Waals surface area contributed by atoms with Crippen LogP contribution in [0, 0.1) is 0 Å². The quantitative estimate of drug-likeness (QED) is 0.610. The second-order valence-corrected chi connectivity index (χ2v) is 2.97. The van der Waals surface area contributed by atoms with Crippen molar-refractivity contribution in [2.75, 3.05) is 6.54 Å². The van der Waals surface area contributed by atoms with Crippen molar-refractivity contribution in [2.45, 2.75) is 32.7 Å². The third-order valence-electron chi connectivity index (χ3n) is 1.33. The maximum atomic E-state index is 10.9. The number of carboxylic acid groups (broad SMARTS) is 1. The molecule has 0 saturated heterocycles. The Labute approximate surface area is 72.0 Å². The molecule has 0 spiro atoms. The van der Waals surface area contributed by atoms with Gasteiger partial charge in [-0.1, -0.05) is 13.8 Å². The van der Waals surface area contributed by atoms with Crippen LogP contribution in [0.25, 0.3) is 0 Å². The summed E-state index contributed by atoms with van der Waals surface area (Å²) >= 11 is 0. The monoisotopic (exact) mass is 173 g/mol. The molecule has 0 atom stereocenters. The lowest BCUT2D eigenvalue weighted by Crippen LogP contribution is -2.29. The van der Waals surface area contributed by atoms with Crippen molar-refractivity contribution in [3.05, 3.63) is 0 Å². The molecule has 0 rings (SSSR count). The normalized spacial score (nSPS) is 10.2. The van der Waals surface area contributed by atoms with E-state index in [0.29, 0.717) is 0 Å². The van der Waals surface area contributed by atoms with Gasteiger partial charge in [0, 0.05) is 12.5 Å². The fraction of sp³-hybridized carbons (Fsp3) is 0.750. The summed E-state index contributed by atoms with van der Waals surface area (Å²) in [5, 5.41) is 11.2. The molecule has 0 radical (unpaired) electrons. The first kappa shape index (κ1) is 11.1. The molecule has 0 saturated carbocycles. The predicted molar refractivity (Wildman–Crippen MR) is 45.0 cm³/mol. The summed E-state index contributed by atoms with van der Waals surface area (Å²) < 4.78 is 0. The fourth-order valence-electron chi connectivity index (χ4n) is 0.653. The van der Waals surface area contributed by atoms with Gasteiger partial charge in [0.2, 0.25) is 0 Å². The molecule has 0 bridgehead atoms. The first-order valence-electron chi connectivity index (χ1n) is 3.99. The Bertz CT molecular complexity index is 166. The zero-order valence-corrected chi connectivity index (χ0v) is 7.46. The van der Waals surface area contributed by atoms with Gasteiger partial charge in [0.05, 0.1) is 13.0 Å².